The highest BCUT2D eigenvalue weighted by Gasteiger charge is 2.15. The van der Waals surface area contributed by atoms with Crippen molar-refractivity contribution in [3.05, 3.63) is 60.7 Å². The van der Waals surface area contributed by atoms with Crippen LogP contribution in [0.2, 0.25) is 0 Å². The molecule has 1 radical (unpaired) electrons. The van der Waals surface area contributed by atoms with Crippen LogP contribution in [0, 0.1) is 5.41 Å². The molecular formula is C13H11N2Si. The van der Waals surface area contributed by atoms with Crippen LogP contribution in [0.15, 0.2) is 65.3 Å². The SMILES string of the molecule is N=C=N[Si](c1ccccc1)c1ccccc1. The fraction of sp³-hybridized carbons (Fsp3) is 0. The molecule has 0 saturated carbocycles. The maximum absolute atomic E-state index is 7.04. The van der Waals surface area contributed by atoms with Crippen LogP contribution in [0.1, 0.15) is 0 Å². The minimum absolute atomic E-state index is 1.18. The van der Waals surface area contributed by atoms with Gasteiger partial charge >= 0.3 is 0 Å². The Bertz CT molecular complexity index is 450. The quantitative estimate of drug-likeness (QED) is 0.605. The van der Waals surface area contributed by atoms with E-state index in [9.17, 15) is 0 Å². The van der Waals surface area contributed by atoms with Gasteiger partial charge in [-0.15, -0.1) is 0 Å². The number of nitrogens with one attached hydrogen (secondary N) is 1. The summed E-state index contributed by atoms with van der Waals surface area (Å²) in [7, 11) is -1.22. The Morgan fingerprint density at radius 3 is 1.62 bits per heavy atom. The molecule has 0 aliphatic carbocycles. The summed E-state index contributed by atoms with van der Waals surface area (Å²) in [5, 5.41) is 9.40. The Morgan fingerprint density at radius 1 is 0.812 bits per heavy atom. The normalized spacial score (nSPS) is 9.81. The third-order valence-corrected chi connectivity index (χ3v) is 4.36. The zero-order valence-corrected chi connectivity index (χ0v) is 9.72. The van der Waals surface area contributed by atoms with Gasteiger partial charge in [0.25, 0.3) is 8.96 Å². The highest BCUT2D eigenvalue weighted by atomic mass is 28.3. The molecule has 0 bridgehead atoms. The van der Waals surface area contributed by atoms with Gasteiger partial charge in [0, 0.05) is 0 Å². The summed E-state index contributed by atoms with van der Waals surface area (Å²) in [6.07, 6.45) is 0. The molecule has 0 aliphatic heterocycles. The summed E-state index contributed by atoms with van der Waals surface area (Å²) in [6, 6.07) is 22.4. The van der Waals surface area contributed by atoms with Gasteiger partial charge in [-0.25, -0.2) is 5.41 Å². The van der Waals surface area contributed by atoms with E-state index in [0.29, 0.717) is 0 Å². The van der Waals surface area contributed by atoms with E-state index in [2.05, 4.69) is 34.9 Å². The third kappa shape index (κ3) is 2.34. The number of nitrogens with zero attached hydrogens (tertiary/aromatic N) is 1. The second-order valence-electron chi connectivity index (χ2n) is 3.30. The van der Waals surface area contributed by atoms with Crippen LogP contribution >= 0.6 is 0 Å². The van der Waals surface area contributed by atoms with E-state index in [1.54, 1.807) is 0 Å². The predicted molar refractivity (Wildman–Crippen MR) is 68.1 cm³/mol. The molecule has 2 rings (SSSR count). The molecule has 2 aromatic carbocycles. The van der Waals surface area contributed by atoms with Crippen LogP contribution in [0.4, 0.5) is 0 Å². The summed E-state index contributed by atoms with van der Waals surface area (Å²) in [5.41, 5.74) is 0. The van der Waals surface area contributed by atoms with E-state index < -0.39 is 8.96 Å². The first-order valence-electron chi connectivity index (χ1n) is 5.02. The van der Waals surface area contributed by atoms with Gasteiger partial charge < -0.3 is 0 Å². The topological polar surface area (TPSA) is 36.2 Å². The number of rotatable bonds is 3. The first-order chi connectivity index (χ1) is 7.92. The van der Waals surface area contributed by atoms with Crippen LogP contribution in [0.3, 0.4) is 0 Å². The van der Waals surface area contributed by atoms with Gasteiger partial charge in [-0.05, 0) is 10.4 Å². The molecule has 0 saturated heterocycles. The van der Waals surface area contributed by atoms with Gasteiger partial charge in [-0.3, -0.25) is 4.66 Å². The van der Waals surface area contributed by atoms with Gasteiger partial charge in [0.15, 0.2) is 0 Å². The Labute approximate surface area is 96.5 Å². The highest BCUT2D eigenvalue weighted by Crippen LogP contribution is 1.93. The molecule has 16 heavy (non-hydrogen) atoms. The monoisotopic (exact) mass is 223 g/mol. The zero-order chi connectivity index (χ0) is 11.2. The lowest BCUT2D eigenvalue weighted by atomic mass is 10.4. The molecule has 2 nitrogen and oxygen atoms in total. The van der Waals surface area contributed by atoms with E-state index in [-0.39, 0.29) is 0 Å². The lowest BCUT2D eigenvalue weighted by Gasteiger charge is -2.07. The molecule has 3 heteroatoms. The molecule has 0 heterocycles. The molecular weight excluding hydrogens is 212 g/mol. The molecule has 0 unspecified atom stereocenters. The van der Waals surface area contributed by atoms with Crippen molar-refractivity contribution < 1.29 is 0 Å². The summed E-state index contributed by atoms with van der Waals surface area (Å²) >= 11 is 0. The molecule has 0 aromatic heterocycles. The first kappa shape index (κ1) is 10.6. The lowest BCUT2D eigenvalue weighted by molar-refractivity contribution is 1.55. The maximum Gasteiger partial charge on any atom is 0.280 e. The molecule has 0 fully saturated rings. The fourth-order valence-corrected chi connectivity index (χ4v) is 3.26. The van der Waals surface area contributed by atoms with Gasteiger partial charge in [-0.2, -0.15) is 0 Å². The van der Waals surface area contributed by atoms with E-state index in [0.717, 1.165) is 0 Å². The molecule has 77 valence electrons. The smallest absolute Gasteiger partial charge is 0.256 e. The van der Waals surface area contributed by atoms with Gasteiger partial charge in [0.1, 0.15) is 0 Å². The van der Waals surface area contributed by atoms with Gasteiger partial charge in [0.05, 0.1) is 6.01 Å². The fourth-order valence-electron chi connectivity index (χ4n) is 1.54. The second-order valence-corrected chi connectivity index (χ2v) is 5.38. The predicted octanol–water partition coefficient (Wildman–Crippen LogP) is 1.54. The number of benzene rings is 2. The van der Waals surface area contributed by atoms with Crippen molar-refractivity contribution in [2.45, 2.75) is 0 Å². The van der Waals surface area contributed by atoms with Crippen LogP contribution in [-0.4, -0.2) is 15.0 Å². The highest BCUT2D eigenvalue weighted by molar-refractivity contribution is 6.84. The summed E-state index contributed by atoms with van der Waals surface area (Å²) in [5.74, 6) is 0. The first-order valence-corrected chi connectivity index (χ1v) is 6.47. The van der Waals surface area contributed by atoms with Gasteiger partial charge in [-0.1, -0.05) is 60.7 Å². The summed E-state index contributed by atoms with van der Waals surface area (Å²) in [4.78, 5) is 0. The standard InChI is InChI=1S/C13H11N2Si/c14-11-15-16(12-7-3-1-4-8-12)13-9-5-2-6-10-13/h1-10,14H. The third-order valence-electron chi connectivity index (χ3n) is 2.26. The summed E-state index contributed by atoms with van der Waals surface area (Å²) in [6.45, 7) is 0. The molecule has 0 atom stereocenters. The largest absolute Gasteiger partial charge is 0.280 e. The Hall–Kier alpha value is -1.96. The van der Waals surface area contributed by atoms with Crippen molar-refractivity contribution in [1.29, 1.82) is 5.41 Å². The Morgan fingerprint density at radius 2 is 1.25 bits per heavy atom. The van der Waals surface area contributed by atoms with Gasteiger partial charge in [0.2, 0.25) is 0 Å². The van der Waals surface area contributed by atoms with E-state index >= 15 is 0 Å². The average Bonchev–Trinajstić information content (AvgIpc) is 2.38. The van der Waals surface area contributed by atoms with Crippen molar-refractivity contribution in [3.63, 3.8) is 0 Å². The maximum atomic E-state index is 7.04. The van der Waals surface area contributed by atoms with Crippen molar-refractivity contribution in [2.24, 2.45) is 4.66 Å². The Kier molecular flexibility index (Phi) is 3.44. The van der Waals surface area contributed by atoms with E-state index in [4.69, 9.17) is 5.41 Å². The van der Waals surface area contributed by atoms with Crippen LogP contribution in [-0.2, 0) is 0 Å². The second kappa shape index (κ2) is 5.21. The molecule has 0 aliphatic rings. The Balaban J connectivity index is 2.43. The van der Waals surface area contributed by atoms with Crippen LogP contribution in [0.5, 0.6) is 0 Å². The van der Waals surface area contributed by atoms with Crippen molar-refractivity contribution in [2.75, 3.05) is 0 Å². The minimum atomic E-state index is -1.22. The molecule has 2 aromatic rings. The van der Waals surface area contributed by atoms with E-state index in [1.165, 1.54) is 10.4 Å². The summed E-state index contributed by atoms with van der Waals surface area (Å²) < 4.78 is 4.18. The van der Waals surface area contributed by atoms with Crippen molar-refractivity contribution in [1.82, 2.24) is 0 Å². The van der Waals surface area contributed by atoms with Crippen LogP contribution in [0.25, 0.3) is 0 Å². The average molecular weight is 223 g/mol. The number of hydrogen-bond donors (Lipinski definition) is 1. The minimum Gasteiger partial charge on any atom is -0.256 e. The molecule has 1 N–H and O–H groups in total. The zero-order valence-electron chi connectivity index (χ0n) is 8.72. The molecule has 0 amide bonds. The number of hydrogen-bond acceptors (Lipinski definition) is 2. The van der Waals surface area contributed by atoms with Crippen molar-refractivity contribution in [3.8, 4) is 0 Å². The lowest BCUT2D eigenvalue weighted by Crippen LogP contribution is -2.40. The van der Waals surface area contributed by atoms with E-state index in [1.807, 2.05) is 36.4 Å². The molecule has 0 spiro atoms. The van der Waals surface area contributed by atoms with Crippen LogP contribution < -0.4 is 10.4 Å². The van der Waals surface area contributed by atoms with Crippen molar-refractivity contribution >= 4 is 25.3 Å².